The van der Waals surface area contributed by atoms with Crippen LogP contribution < -0.4 is 5.32 Å². The first-order valence-electron chi connectivity index (χ1n) is 9.75. The zero-order valence-corrected chi connectivity index (χ0v) is 17.1. The molecule has 3 aromatic rings. The van der Waals surface area contributed by atoms with Crippen molar-refractivity contribution in [3.63, 3.8) is 0 Å². The predicted molar refractivity (Wildman–Crippen MR) is 111 cm³/mol. The van der Waals surface area contributed by atoms with Gasteiger partial charge in [0.25, 0.3) is 5.91 Å². The van der Waals surface area contributed by atoms with Gasteiger partial charge in [-0.3, -0.25) is 9.89 Å². The van der Waals surface area contributed by atoms with Crippen LogP contribution in [0.4, 0.5) is 14.9 Å². The van der Waals surface area contributed by atoms with Crippen molar-refractivity contribution in [2.24, 2.45) is 0 Å². The van der Waals surface area contributed by atoms with Crippen molar-refractivity contribution in [3.8, 4) is 0 Å². The normalized spacial score (nSPS) is 13.8. The number of nitrogens with zero attached hydrogens (tertiary/aromatic N) is 2. The van der Waals surface area contributed by atoms with Gasteiger partial charge in [0.1, 0.15) is 11.4 Å². The number of anilines is 1. The summed E-state index contributed by atoms with van der Waals surface area (Å²) in [4.78, 5) is 27.0. The molecule has 2 heterocycles. The maximum absolute atomic E-state index is 13.7. The van der Waals surface area contributed by atoms with Gasteiger partial charge >= 0.3 is 6.09 Å². The molecule has 0 atom stereocenters. The number of H-pyrrole nitrogens is 1. The van der Waals surface area contributed by atoms with Crippen LogP contribution in [0.2, 0.25) is 0 Å². The van der Waals surface area contributed by atoms with E-state index in [2.05, 4.69) is 15.5 Å². The van der Waals surface area contributed by atoms with Crippen LogP contribution in [0.25, 0.3) is 10.8 Å². The second-order valence-corrected chi connectivity index (χ2v) is 8.31. The van der Waals surface area contributed by atoms with Crippen molar-refractivity contribution < 1.29 is 18.7 Å². The van der Waals surface area contributed by atoms with E-state index in [4.69, 9.17) is 4.74 Å². The Morgan fingerprint density at radius 2 is 2.03 bits per heavy atom. The van der Waals surface area contributed by atoms with Crippen molar-refractivity contribution in [2.45, 2.75) is 39.3 Å². The molecule has 30 heavy (non-hydrogen) atoms. The predicted octanol–water partition coefficient (Wildman–Crippen LogP) is 4.25. The molecule has 2 N–H and O–H groups in total. The summed E-state index contributed by atoms with van der Waals surface area (Å²) in [5.74, 6) is -0.801. The molecule has 0 unspecified atom stereocenters. The third kappa shape index (κ3) is 3.98. The van der Waals surface area contributed by atoms with Gasteiger partial charge in [-0.15, -0.1) is 0 Å². The molecule has 0 bridgehead atoms. The molecule has 0 fully saturated rings. The summed E-state index contributed by atoms with van der Waals surface area (Å²) in [5, 5.41) is 11.3. The number of benzene rings is 2. The fourth-order valence-electron chi connectivity index (χ4n) is 3.50. The van der Waals surface area contributed by atoms with E-state index in [1.807, 2.05) is 26.8 Å². The number of rotatable bonds is 2. The SMILES string of the molecule is CC(C)(C)OC(=O)N1CCc2[nH]nc(C(=O)Nc3cccc4ccc(F)cc34)c2C1. The molecular weight excluding hydrogens is 387 g/mol. The summed E-state index contributed by atoms with van der Waals surface area (Å²) in [5.41, 5.74) is 1.60. The molecule has 0 saturated heterocycles. The minimum atomic E-state index is -0.600. The standard InChI is InChI=1S/C22H23FN4O3/c1-22(2,3)30-21(29)27-10-9-18-16(12-27)19(26-25-18)20(28)24-17-6-4-5-13-7-8-14(23)11-15(13)17/h4-8,11H,9-10,12H2,1-3H3,(H,24,28)(H,25,26). The fraction of sp³-hybridized carbons (Fsp3) is 0.318. The first-order valence-corrected chi connectivity index (χ1v) is 9.75. The Kier molecular flexibility index (Phi) is 4.93. The van der Waals surface area contributed by atoms with Gasteiger partial charge in [0.15, 0.2) is 5.69 Å². The summed E-state index contributed by atoms with van der Waals surface area (Å²) in [6.45, 7) is 6.14. The molecule has 1 aliphatic rings. The Hall–Kier alpha value is -3.42. The van der Waals surface area contributed by atoms with Crippen molar-refractivity contribution in [1.82, 2.24) is 15.1 Å². The number of halogens is 1. The molecule has 156 valence electrons. The second-order valence-electron chi connectivity index (χ2n) is 8.31. The van der Waals surface area contributed by atoms with Crippen LogP contribution in [-0.2, 0) is 17.7 Å². The monoisotopic (exact) mass is 410 g/mol. The maximum Gasteiger partial charge on any atom is 0.410 e. The minimum absolute atomic E-state index is 0.215. The quantitative estimate of drug-likeness (QED) is 0.661. The van der Waals surface area contributed by atoms with Gasteiger partial charge in [0.05, 0.1) is 6.54 Å². The molecule has 2 aromatic carbocycles. The van der Waals surface area contributed by atoms with Gasteiger partial charge in [-0.25, -0.2) is 9.18 Å². The Labute approximate surface area is 173 Å². The third-order valence-corrected chi connectivity index (χ3v) is 4.89. The smallest absolute Gasteiger partial charge is 0.410 e. The number of amides is 2. The number of ether oxygens (including phenoxy) is 1. The van der Waals surface area contributed by atoms with Crippen LogP contribution >= 0.6 is 0 Å². The van der Waals surface area contributed by atoms with Crippen LogP contribution in [0.1, 0.15) is 42.5 Å². The van der Waals surface area contributed by atoms with E-state index in [0.717, 1.165) is 11.1 Å². The van der Waals surface area contributed by atoms with Gasteiger partial charge in [0, 0.05) is 35.3 Å². The summed E-state index contributed by atoms with van der Waals surface area (Å²) >= 11 is 0. The highest BCUT2D eigenvalue weighted by Gasteiger charge is 2.30. The molecule has 4 rings (SSSR count). The lowest BCUT2D eigenvalue weighted by Gasteiger charge is -2.30. The van der Waals surface area contributed by atoms with Gasteiger partial charge < -0.3 is 15.0 Å². The average Bonchev–Trinajstić information content (AvgIpc) is 3.10. The first-order chi connectivity index (χ1) is 14.2. The molecule has 0 spiro atoms. The van der Waals surface area contributed by atoms with Gasteiger partial charge in [-0.1, -0.05) is 18.2 Å². The van der Waals surface area contributed by atoms with Gasteiger partial charge in [0.2, 0.25) is 0 Å². The van der Waals surface area contributed by atoms with E-state index in [0.29, 0.717) is 29.6 Å². The summed E-state index contributed by atoms with van der Waals surface area (Å²) < 4.78 is 19.2. The largest absolute Gasteiger partial charge is 0.444 e. The Balaban J connectivity index is 1.57. The minimum Gasteiger partial charge on any atom is -0.444 e. The van der Waals surface area contributed by atoms with Gasteiger partial charge in [-0.05, 0) is 44.4 Å². The highest BCUT2D eigenvalue weighted by atomic mass is 19.1. The maximum atomic E-state index is 13.7. The highest BCUT2D eigenvalue weighted by molar-refractivity contribution is 6.09. The lowest BCUT2D eigenvalue weighted by molar-refractivity contribution is 0.0222. The van der Waals surface area contributed by atoms with Gasteiger partial charge in [-0.2, -0.15) is 5.10 Å². The molecule has 2 amide bonds. The van der Waals surface area contributed by atoms with E-state index >= 15 is 0 Å². The zero-order valence-electron chi connectivity index (χ0n) is 17.1. The van der Waals surface area contributed by atoms with E-state index in [1.54, 1.807) is 23.1 Å². The van der Waals surface area contributed by atoms with Crippen molar-refractivity contribution in [2.75, 3.05) is 11.9 Å². The van der Waals surface area contributed by atoms with Crippen molar-refractivity contribution in [3.05, 3.63) is 59.2 Å². The number of hydrogen-bond donors (Lipinski definition) is 2. The number of carbonyl (C=O) groups excluding carboxylic acids is 2. The highest BCUT2D eigenvalue weighted by Crippen LogP contribution is 2.27. The van der Waals surface area contributed by atoms with E-state index in [-0.39, 0.29) is 18.1 Å². The number of aromatic amines is 1. The number of fused-ring (bicyclic) bond motifs is 2. The number of aromatic nitrogens is 2. The van der Waals surface area contributed by atoms with Crippen molar-refractivity contribution >= 4 is 28.5 Å². The lowest BCUT2D eigenvalue weighted by Crippen LogP contribution is -2.40. The van der Waals surface area contributed by atoms with Crippen molar-refractivity contribution in [1.29, 1.82) is 0 Å². The van der Waals surface area contributed by atoms with Crippen LogP contribution in [-0.4, -0.2) is 39.2 Å². The molecule has 7 nitrogen and oxygen atoms in total. The van der Waals surface area contributed by atoms with E-state index < -0.39 is 17.6 Å². The molecule has 1 aliphatic heterocycles. The van der Waals surface area contributed by atoms with Crippen LogP contribution in [0.15, 0.2) is 36.4 Å². The molecule has 0 aliphatic carbocycles. The Bertz CT molecular complexity index is 1130. The number of carbonyl (C=O) groups is 2. The average molecular weight is 410 g/mol. The van der Waals surface area contributed by atoms with Crippen LogP contribution in [0.5, 0.6) is 0 Å². The summed E-state index contributed by atoms with van der Waals surface area (Å²) in [6, 6.07) is 9.78. The molecule has 8 heteroatoms. The van der Waals surface area contributed by atoms with E-state index in [1.165, 1.54) is 12.1 Å². The molecule has 0 saturated carbocycles. The third-order valence-electron chi connectivity index (χ3n) is 4.89. The summed E-state index contributed by atoms with van der Waals surface area (Å²) in [6.07, 6.45) is 0.124. The molecular formula is C22H23FN4O3. The Morgan fingerprint density at radius 3 is 2.80 bits per heavy atom. The van der Waals surface area contributed by atoms with Crippen LogP contribution in [0.3, 0.4) is 0 Å². The summed E-state index contributed by atoms with van der Waals surface area (Å²) in [7, 11) is 0. The van der Waals surface area contributed by atoms with E-state index in [9.17, 15) is 14.0 Å². The molecule has 1 aromatic heterocycles. The second kappa shape index (κ2) is 7.44. The molecule has 0 radical (unpaired) electrons. The number of hydrogen-bond acceptors (Lipinski definition) is 4. The Morgan fingerprint density at radius 1 is 1.23 bits per heavy atom. The topological polar surface area (TPSA) is 87.3 Å². The number of nitrogens with one attached hydrogen (secondary N) is 2. The fourth-order valence-corrected chi connectivity index (χ4v) is 3.50. The lowest BCUT2D eigenvalue weighted by atomic mass is 10.0. The first kappa shape index (κ1) is 19.9. The van der Waals surface area contributed by atoms with Crippen LogP contribution in [0, 0.1) is 5.82 Å². The zero-order chi connectivity index (χ0) is 21.5.